The molecule has 6 nitrogen and oxygen atoms in total. The molecule has 0 aliphatic carbocycles. The number of hydrogen-bond donors (Lipinski definition) is 2. The Bertz CT molecular complexity index is 770. The molecule has 0 atom stereocenters. The summed E-state index contributed by atoms with van der Waals surface area (Å²) in [7, 11) is 1.59. The van der Waals surface area contributed by atoms with Crippen molar-refractivity contribution in [3.8, 4) is 11.5 Å². The van der Waals surface area contributed by atoms with Gasteiger partial charge in [-0.15, -0.1) is 0 Å². The Labute approximate surface area is 152 Å². The summed E-state index contributed by atoms with van der Waals surface area (Å²) >= 11 is 0. The molecule has 2 N–H and O–H groups in total. The van der Waals surface area contributed by atoms with Gasteiger partial charge in [0.2, 0.25) is 5.91 Å². The van der Waals surface area contributed by atoms with E-state index in [1.54, 1.807) is 37.5 Å². The van der Waals surface area contributed by atoms with Crippen LogP contribution >= 0.6 is 0 Å². The lowest BCUT2D eigenvalue weighted by atomic mass is 10.2. The van der Waals surface area contributed by atoms with E-state index in [4.69, 9.17) is 9.47 Å². The van der Waals surface area contributed by atoms with Gasteiger partial charge in [-0.2, -0.15) is 0 Å². The number of carbonyl (C=O) groups excluding carboxylic acids is 2. The van der Waals surface area contributed by atoms with E-state index in [1.807, 2.05) is 31.2 Å². The van der Waals surface area contributed by atoms with Gasteiger partial charge in [-0.1, -0.05) is 18.2 Å². The molecular weight excluding hydrogens is 332 g/mol. The monoisotopic (exact) mass is 354 g/mol. The first-order chi connectivity index (χ1) is 12.6. The zero-order valence-corrected chi connectivity index (χ0v) is 14.8. The second kappa shape index (κ2) is 9.88. The van der Waals surface area contributed by atoms with Crippen molar-refractivity contribution in [1.82, 2.24) is 5.32 Å². The maximum absolute atomic E-state index is 12.0. The van der Waals surface area contributed by atoms with Crippen molar-refractivity contribution in [3.63, 3.8) is 0 Å². The maximum atomic E-state index is 12.0. The predicted octanol–water partition coefficient (Wildman–Crippen LogP) is 2.86. The fraction of sp³-hybridized carbons (Fsp3) is 0.200. The summed E-state index contributed by atoms with van der Waals surface area (Å²) in [6.07, 6.45) is 3.13. The highest BCUT2D eigenvalue weighted by Gasteiger charge is 2.03. The quantitative estimate of drug-likeness (QED) is 0.715. The lowest BCUT2D eigenvalue weighted by molar-refractivity contribution is -0.123. The molecule has 0 saturated heterocycles. The normalized spacial score (nSPS) is 10.4. The largest absolute Gasteiger partial charge is 0.496 e. The highest BCUT2D eigenvalue weighted by Crippen LogP contribution is 2.19. The second-order valence-electron chi connectivity index (χ2n) is 5.33. The van der Waals surface area contributed by atoms with Crippen LogP contribution in [0.15, 0.2) is 54.6 Å². The first-order valence-electron chi connectivity index (χ1n) is 8.24. The summed E-state index contributed by atoms with van der Waals surface area (Å²) in [5.74, 6) is 0.822. The minimum atomic E-state index is -0.258. The molecular formula is C20H22N2O4. The average Bonchev–Trinajstić information content (AvgIpc) is 2.66. The summed E-state index contributed by atoms with van der Waals surface area (Å²) < 4.78 is 10.6. The van der Waals surface area contributed by atoms with Crippen molar-refractivity contribution in [3.05, 3.63) is 60.2 Å². The Morgan fingerprint density at radius 2 is 1.81 bits per heavy atom. The third-order valence-electron chi connectivity index (χ3n) is 3.42. The van der Waals surface area contributed by atoms with E-state index < -0.39 is 0 Å². The minimum absolute atomic E-state index is 0.0405. The van der Waals surface area contributed by atoms with Gasteiger partial charge in [0.05, 0.1) is 7.11 Å². The van der Waals surface area contributed by atoms with E-state index in [1.165, 1.54) is 6.08 Å². The Morgan fingerprint density at radius 1 is 1.08 bits per heavy atom. The van der Waals surface area contributed by atoms with E-state index in [2.05, 4.69) is 10.6 Å². The number of amides is 2. The van der Waals surface area contributed by atoms with Gasteiger partial charge in [0.15, 0.2) is 6.61 Å². The van der Waals surface area contributed by atoms with Crippen LogP contribution in [0, 0.1) is 0 Å². The fourth-order valence-corrected chi connectivity index (χ4v) is 2.19. The van der Waals surface area contributed by atoms with Crippen LogP contribution in [-0.2, 0) is 9.59 Å². The van der Waals surface area contributed by atoms with Crippen molar-refractivity contribution >= 4 is 23.6 Å². The fourth-order valence-electron chi connectivity index (χ4n) is 2.19. The number of nitrogens with one attached hydrogen (secondary N) is 2. The van der Waals surface area contributed by atoms with Crippen LogP contribution in [0.3, 0.4) is 0 Å². The SMILES string of the molecule is CCNC(=O)COc1ccc(NC(=O)/C=C/c2ccccc2OC)cc1. The molecule has 0 bridgehead atoms. The summed E-state index contributed by atoms with van der Waals surface area (Å²) in [5, 5.41) is 5.41. The summed E-state index contributed by atoms with van der Waals surface area (Å²) in [4.78, 5) is 23.4. The van der Waals surface area contributed by atoms with Crippen molar-refractivity contribution in [2.24, 2.45) is 0 Å². The average molecular weight is 354 g/mol. The molecule has 0 aromatic heterocycles. The molecule has 0 spiro atoms. The number of likely N-dealkylation sites (N-methyl/N-ethyl adjacent to an activating group) is 1. The molecule has 6 heteroatoms. The minimum Gasteiger partial charge on any atom is -0.496 e. The molecule has 2 aromatic rings. The molecule has 0 saturated carbocycles. The standard InChI is InChI=1S/C20H22N2O4/c1-3-21-20(24)14-26-17-11-9-16(10-12-17)22-19(23)13-8-15-6-4-5-7-18(15)25-2/h4-13H,3,14H2,1-2H3,(H,21,24)(H,22,23)/b13-8+. The van der Waals surface area contributed by atoms with Gasteiger partial charge in [-0.25, -0.2) is 0 Å². The van der Waals surface area contributed by atoms with Gasteiger partial charge in [0.25, 0.3) is 5.91 Å². The molecule has 136 valence electrons. The highest BCUT2D eigenvalue weighted by molar-refractivity contribution is 6.02. The van der Waals surface area contributed by atoms with Gasteiger partial charge >= 0.3 is 0 Å². The van der Waals surface area contributed by atoms with Gasteiger partial charge in [-0.05, 0) is 43.3 Å². The molecule has 0 fully saturated rings. The van der Waals surface area contributed by atoms with Crippen LogP contribution < -0.4 is 20.1 Å². The molecule has 0 aliphatic rings. The Balaban J connectivity index is 1.89. The Kier molecular flexibility index (Phi) is 7.24. The van der Waals surface area contributed by atoms with Gasteiger partial charge in [-0.3, -0.25) is 9.59 Å². The number of carbonyl (C=O) groups is 2. The van der Waals surface area contributed by atoms with Crippen LogP contribution in [0.1, 0.15) is 12.5 Å². The number of ether oxygens (including phenoxy) is 2. The Hall–Kier alpha value is -3.28. The number of para-hydroxylation sites is 1. The highest BCUT2D eigenvalue weighted by atomic mass is 16.5. The van der Waals surface area contributed by atoms with Gasteiger partial charge in [0.1, 0.15) is 11.5 Å². The molecule has 2 rings (SSSR count). The van der Waals surface area contributed by atoms with E-state index in [9.17, 15) is 9.59 Å². The lowest BCUT2D eigenvalue weighted by Gasteiger charge is -2.07. The second-order valence-corrected chi connectivity index (χ2v) is 5.33. The van der Waals surface area contributed by atoms with Crippen LogP contribution in [-0.4, -0.2) is 32.1 Å². The van der Waals surface area contributed by atoms with Gasteiger partial charge < -0.3 is 20.1 Å². The third kappa shape index (κ3) is 5.98. The summed E-state index contributed by atoms with van der Waals surface area (Å²) in [5.41, 5.74) is 1.45. The topological polar surface area (TPSA) is 76.7 Å². The number of benzene rings is 2. The number of methoxy groups -OCH3 is 1. The van der Waals surface area contributed by atoms with Crippen LogP contribution in [0.5, 0.6) is 11.5 Å². The molecule has 2 amide bonds. The lowest BCUT2D eigenvalue weighted by Crippen LogP contribution is -2.28. The predicted molar refractivity (Wildman–Crippen MR) is 101 cm³/mol. The molecule has 2 aromatic carbocycles. The van der Waals surface area contributed by atoms with Crippen LogP contribution in [0.25, 0.3) is 6.08 Å². The number of rotatable bonds is 8. The van der Waals surface area contributed by atoms with E-state index in [-0.39, 0.29) is 18.4 Å². The van der Waals surface area contributed by atoms with Crippen LogP contribution in [0.2, 0.25) is 0 Å². The van der Waals surface area contributed by atoms with E-state index >= 15 is 0 Å². The van der Waals surface area contributed by atoms with E-state index in [0.717, 1.165) is 5.56 Å². The van der Waals surface area contributed by atoms with Crippen LogP contribution in [0.4, 0.5) is 5.69 Å². The van der Waals surface area contributed by atoms with Crippen molar-refractivity contribution in [2.45, 2.75) is 6.92 Å². The molecule has 26 heavy (non-hydrogen) atoms. The zero-order valence-electron chi connectivity index (χ0n) is 14.8. The van der Waals surface area contributed by atoms with Gasteiger partial charge in [0, 0.05) is 23.9 Å². The molecule has 0 unspecified atom stereocenters. The maximum Gasteiger partial charge on any atom is 0.257 e. The van der Waals surface area contributed by atoms with E-state index in [0.29, 0.717) is 23.7 Å². The third-order valence-corrected chi connectivity index (χ3v) is 3.42. The molecule has 0 radical (unpaired) electrons. The van der Waals surface area contributed by atoms with Crippen molar-refractivity contribution in [2.75, 3.05) is 25.6 Å². The first kappa shape index (κ1) is 19.1. The summed E-state index contributed by atoms with van der Waals surface area (Å²) in [6, 6.07) is 14.2. The van der Waals surface area contributed by atoms with Crippen molar-refractivity contribution in [1.29, 1.82) is 0 Å². The first-order valence-corrected chi connectivity index (χ1v) is 8.24. The van der Waals surface area contributed by atoms with Crippen molar-refractivity contribution < 1.29 is 19.1 Å². The molecule has 0 aliphatic heterocycles. The number of anilines is 1. The Morgan fingerprint density at radius 3 is 2.50 bits per heavy atom. The summed E-state index contributed by atoms with van der Waals surface area (Å²) in [6.45, 7) is 2.37. The number of hydrogen-bond acceptors (Lipinski definition) is 4. The molecule has 0 heterocycles. The smallest absolute Gasteiger partial charge is 0.257 e. The zero-order chi connectivity index (χ0) is 18.8.